The van der Waals surface area contributed by atoms with Gasteiger partial charge in [0.15, 0.2) is 0 Å². The molecule has 3 heterocycles. The Bertz CT molecular complexity index is 962. The molecule has 0 spiro atoms. The minimum Gasteiger partial charge on any atom is -0.361 e. The summed E-state index contributed by atoms with van der Waals surface area (Å²) >= 11 is 1.30. The quantitative estimate of drug-likeness (QED) is 0.620. The highest BCUT2D eigenvalue weighted by atomic mass is 32.1. The molecule has 1 aromatic carbocycles. The van der Waals surface area contributed by atoms with Crippen LogP contribution >= 0.6 is 11.3 Å². The number of carbonyl (C=O) groups excluding carboxylic acids is 2. The molecule has 0 unspecified atom stereocenters. The Morgan fingerprint density at radius 3 is 2.79 bits per heavy atom. The summed E-state index contributed by atoms with van der Waals surface area (Å²) in [4.78, 5) is 31.8. The number of aromatic amines is 1. The number of fused-ring (bicyclic) bond motifs is 1. The molecule has 29 heavy (non-hydrogen) atoms. The Morgan fingerprint density at radius 2 is 2.00 bits per heavy atom. The molecule has 2 aromatic heterocycles. The van der Waals surface area contributed by atoms with Crippen molar-refractivity contribution in [3.8, 4) is 0 Å². The molecule has 1 aliphatic rings. The fraction of sp³-hybridized carbons (Fsp3) is 0.400. The topological polar surface area (TPSA) is 94.2 Å². The predicted octanol–water partition coefficient (Wildman–Crippen LogP) is 2.12. The van der Waals surface area contributed by atoms with Gasteiger partial charge in [-0.05, 0) is 24.5 Å². The number of nitrogens with one attached hydrogen (secondary N) is 2. The van der Waals surface area contributed by atoms with Gasteiger partial charge in [-0.1, -0.05) is 29.5 Å². The van der Waals surface area contributed by atoms with E-state index in [4.69, 9.17) is 0 Å². The summed E-state index contributed by atoms with van der Waals surface area (Å²) in [7, 11) is 0. The molecular formula is C20H24N6O2S. The summed E-state index contributed by atoms with van der Waals surface area (Å²) in [5, 5.41) is 12.0. The van der Waals surface area contributed by atoms with Crippen LogP contribution in [0.5, 0.6) is 0 Å². The molecule has 2 N–H and O–H groups in total. The highest BCUT2D eigenvalue weighted by Gasteiger charge is 2.22. The molecule has 2 amide bonds. The number of benzene rings is 1. The molecule has 152 valence electrons. The molecule has 1 aliphatic heterocycles. The molecule has 0 aliphatic carbocycles. The number of H-pyrrole nitrogens is 1. The smallest absolute Gasteiger partial charge is 0.240 e. The van der Waals surface area contributed by atoms with Gasteiger partial charge in [0.2, 0.25) is 16.9 Å². The Morgan fingerprint density at radius 1 is 1.17 bits per heavy atom. The third-order valence-corrected chi connectivity index (χ3v) is 5.82. The summed E-state index contributed by atoms with van der Waals surface area (Å²) in [6, 6.07) is 8.24. The van der Waals surface area contributed by atoms with Crippen molar-refractivity contribution in [2.24, 2.45) is 0 Å². The Balaban J connectivity index is 1.17. The second-order valence-electron chi connectivity index (χ2n) is 7.16. The monoisotopic (exact) mass is 412 g/mol. The summed E-state index contributed by atoms with van der Waals surface area (Å²) in [6.07, 6.45) is 4.32. The lowest BCUT2D eigenvalue weighted by Crippen LogP contribution is -2.50. The van der Waals surface area contributed by atoms with Crippen molar-refractivity contribution in [1.29, 1.82) is 0 Å². The van der Waals surface area contributed by atoms with E-state index in [2.05, 4.69) is 37.5 Å². The second-order valence-corrected chi connectivity index (χ2v) is 8.00. The van der Waals surface area contributed by atoms with Crippen LogP contribution in [0.25, 0.3) is 10.9 Å². The number of hydrogen-bond acceptors (Lipinski definition) is 6. The number of aromatic nitrogens is 3. The number of hydrogen-bond donors (Lipinski definition) is 2. The molecule has 1 saturated heterocycles. The number of para-hydroxylation sites is 1. The number of amides is 2. The number of aryl methyl sites for hydroxylation is 1. The van der Waals surface area contributed by atoms with Gasteiger partial charge in [-0.2, -0.15) is 0 Å². The van der Waals surface area contributed by atoms with Crippen molar-refractivity contribution < 1.29 is 9.59 Å². The lowest BCUT2D eigenvalue weighted by Gasteiger charge is -2.34. The number of rotatable bonds is 7. The summed E-state index contributed by atoms with van der Waals surface area (Å²) in [5.74, 6) is 0.100. The average molecular weight is 413 g/mol. The molecule has 3 aromatic rings. The first-order chi connectivity index (χ1) is 14.2. The van der Waals surface area contributed by atoms with E-state index >= 15 is 0 Å². The zero-order valence-corrected chi connectivity index (χ0v) is 17.0. The summed E-state index contributed by atoms with van der Waals surface area (Å²) in [5.41, 5.74) is 3.98. The molecule has 8 nitrogen and oxygen atoms in total. The molecule has 1 fully saturated rings. The van der Waals surface area contributed by atoms with E-state index in [0.29, 0.717) is 44.3 Å². The molecule has 0 bridgehead atoms. The van der Waals surface area contributed by atoms with Crippen LogP contribution in [0.3, 0.4) is 0 Å². The van der Waals surface area contributed by atoms with Gasteiger partial charge < -0.3 is 9.88 Å². The van der Waals surface area contributed by atoms with Gasteiger partial charge in [0.1, 0.15) is 5.51 Å². The van der Waals surface area contributed by atoms with Gasteiger partial charge in [-0.15, -0.1) is 10.2 Å². The van der Waals surface area contributed by atoms with Gasteiger partial charge in [0, 0.05) is 49.7 Å². The van der Waals surface area contributed by atoms with Crippen LogP contribution in [0.15, 0.2) is 36.0 Å². The first kappa shape index (κ1) is 19.5. The molecule has 4 rings (SSSR count). The van der Waals surface area contributed by atoms with Crippen LogP contribution in [0.4, 0.5) is 5.13 Å². The van der Waals surface area contributed by atoms with Crippen molar-refractivity contribution in [3.63, 3.8) is 0 Å². The third kappa shape index (κ3) is 4.99. The summed E-state index contributed by atoms with van der Waals surface area (Å²) in [6.45, 7) is 3.05. The van der Waals surface area contributed by atoms with Gasteiger partial charge in [-0.25, -0.2) is 0 Å². The van der Waals surface area contributed by atoms with Gasteiger partial charge in [-0.3, -0.25) is 19.8 Å². The highest BCUT2D eigenvalue weighted by Crippen LogP contribution is 2.19. The molecule has 0 atom stereocenters. The van der Waals surface area contributed by atoms with Crippen molar-refractivity contribution >= 4 is 39.2 Å². The molecular weight excluding hydrogens is 388 g/mol. The van der Waals surface area contributed by atoms with Crippen molar-refractivity contribution in [2.75, 3.05) is 38.0 Å². The highest BCUT2D eigenvalue weighted by molar-refractivity contribution is 7.13. The van der Waals surface area contributed by atoms with E-state index < -0.39 is 0 Å². The fourth-order valence-electron chi connectivity index (χ4n) is 3.67. The van der Waals surface area contributed by atoms with Crippen molar-refractivity contribution in [3.05, 3.63) is 41.5 Å². The number of piperazine rings is 1. The minimum absolute atomic E-state index is 0.0970. The zero-order valence-electron chi connectivity index (χ0n) is 16.1. The predicted molar refractivity (Wildman–Crippen MR) is 113 cm³/mol. The van der Waals surface area contributed by atoms with Crippen LogP contribution in [0, 0.1) is 0 Å². The lowest BCUT2D eigenvalue weighted by molar-refractivity contribution is -0.133. The molecule has 0 radical (unpaired) electrons. The van der Waals surface area contributed by atoms with E-state index in [0.717, 1.165) is 18.4 Å². The van der Waals surface area contributed by atoms with Gasteiger partial charge in [0.05, 0.1) is 6.54 Å². The standard InChI is InChI=1S/C20H24N6O2S/c27-18(23-20-24-22-14-29-20)13-25-8-10-26(11-9-25)19(28)7-3-4-15-12-21-17-6-2-1-5-16(15)17/h1-2,5-6,12,14,21H,3-4,7-11,13H2,(H,23,24,27). The van der Waals surface area contributed by atoms with Crippen LogP contribution in [-0.2, 0) is 16.0 Å². The maximum atomic E-state index is 12.5. The lowest BCUT2D eigenvalue weighted by atomic mass is 10.1. The van der Waals surface area contributed by atoms with Crippen molar-refractivity contribution in [2.45, 2.75) is 19.3 Å². The third-order valence-electron chi connectivity index (χ3n) is 5.21. The van der Waals surface area contributed by atoms with E-state index in [-0.39, 0.29) is 11.8 Å². The fourth-order valence-corrected chi connectivity index (χ4v) is 4.13. The second kappa shape index (κ2) is 9.15. The normalized spacial score (nSPS) is 15.0. The minimum atomic E-state index is -0.0970. The van der Waals surface area contributed by atoms with Crippen LogP contribution in [0.2, 0.25) is 0 Å². The zero-order chi connectivity index (χ0) is 20.1. The van der Waals surface area contributed by atoms with Gasteiger partial charge in [0.25, 0.3) is 0 Å². The van der Waals surface area contributed by atoms with Crippen LogP contribution < -0.4 is 5.32 Å². The summed E-state index contributed by atoms with van der Waals surface area (Å²) < 4.78 is 0. The van der Waals surface area contributed by atoms with E-state index in [9.17, 15) is 9.59 Å². The Kier molecular flexibility index (Phi) is 6.16. The first-order valence-corrected chi connectivity index (χ1v) is 10.7. The average Bonchev–Trinajstić information content (AvgIpc) is 3.38. The SMILES string of the molecule is O=C(CN1CCN(C(=O)CCCc2c[nH]c3ccccc23)CC1)Nc1nncs1. The maximum absolute atomic E-state index is 12.5. The van der Waals surface area contributed by atoms with E-state index in [1.807, 2.05) is 23.2 Å². The number of carbonyl (C=O) groups is 2. The van der Waals surface area contributed by atoms with E-state index in [1.54, 1.807) is 5.51 Å². The van der Waals surface area contributed by atoms with Crippen LogP contribution in [0.1, 0.15) is 18.4 Å². The van der Waals surface area contributed by atoms with Crippen molar-refractivity contribution in [1.82, 2.24) is 25.0 Å². The number of anilines is 1. The first-order valence-electron chi connectivity index (χ1n) is 9.80. The van der Waals surface area contributed by atoms with Gasteiger partial charge >= 0.3 is 0 Å². The largest absolute Gasteiger partial charge is 0.361 e. The molecule has 0 saturated carbocycles. The molecule has 9 heteroatoms. The Labute approximate surface area is 172 Å². The van der Waals surface area contributed by atoms with Crippen LogP contribution in [-0.4, -0.2) is 69.5 Å². The Hall–Kier alpha value is -2.78. The van der Waals surface area contributed by atoms with E-state index in [1.165, 1.54) is 22.3 Å². The maximum Gasteiger partial charge on any atom is 0.240 e. The number of nitrogens with zero attached hydrogens (tertiary/aromatic N) is 4.